The number of hydrogen-bond acceptors (Lipinski definition) is 7. The maximum atomic E-state index is 11.4. The molecule has 3 rings (SSSR count). The molecule has 0 saturated heterocycles. The molecule has 0 aliphatic rings. The van der Waals surface area contributed by atoms with Gasteiger partial charge in [-0.3, -0.25) is 9.78 Å². The van der Waals surface area contributed by atoms with Crippen molar-refractivity contribution in [3.05, 3.63) is 53.5 Å². The zero-order valence-electron chi connectivity index (χ0n) is 13.2. The van der Waals surface area contributed by atoms with E-state index in [0.29, 0.717) is 23.0 Å². The molecule has 0 aliphatic heterocycles. The molecule has 24 heavy (non-hydrogen) atoms. The number of ether oxygens (including phenoxy) is 1. The fourth-order valence-corrected chi connectivity index (χ4v) is 2.06. The molecule has 122 valence electrons. The van der Waals surface area contributed by atoms with Crippen LogP contribution in [-0.2, 0) is 6.61 Å². The molecule has 0 spiro atoms. The van der Waals surface area contributed by atoms with Gasteiger partial charge in [-0.2, -0.15) is 0 Å². The molecule has 8 heteroatoms. The van der Waals surface area contributed by atoms with E-state index >= 15 is 0 Å². The molecule has 0 atom stereocenters. The third-order valence-electron chi connectivity index (χ3n) is 3.36. The molecule has 0 saturated carbocycles. The van der Waals surface area contributed by atoms with Crippen LogP contribution >= 0.6 is 0 Å². The summed E-state index contributed by atoms with van der Waals surface area (Å²) >= 11 is 0. The van der Waals surface area contributed by atoms with Gasteiger partial charge in [-0.15, -0.1) is 10.2 Å². The zero-order chi connectivity index (χ0) is 16.9. The summed E-state index contributed by atoms with van der Waals surface area (Å²) in [7, 11) is 1.53. The van der Waals surface area contributed by atoms with Gasteiger partial charge < -0.3 is 14.6 Å². The highest BCUT2D eigenvalue weighted by molar-refractivity contribution is 5.91. The molecular formula is C16H15N5O3. The summed E-state index contributed by atoms with van der Waals surface area (Å²) in [6.45, 7) is 2.01. The molecule has 1 N–H and O–H groups in total. The minimum Gasteiger partial charge on any atom is -0.472 e. The number of nitrogens with zero attached hydrogens (tertiary/aromatic N) is 4. The average molecular weight is 325 g/mol. The lowest BCUT2D eigenvalue weighted by Gasteiger charge is -2.05. The van der Waals surface area contributed by atoms with Gasteiger partial charge in [0.1, 0.15) is 18.1 Å². The summed E-state index contributed by atoms with van der Waals surface area (Å²) in [6.07, 6.45) is 1.69. The van der Waals surface area contributed by atoms with Crippen molar-refractivity contribution in [3.63, 3.8) is 0 Å². The molecule has 0 aromatic carbocycles. The number of nitrogens with one attached hydrogen (secondary N) is 1. The van der Waals surface area contributed by atoms with Crippen LogP contribution in [0.25, 0.3) is 11.4 Å². The Morgan fingerprint density at radius 3 is 2.79 bits per heavy atom. The SMILES string of the molecule is CNC(=O)c1ccc(OCc2c(-c3ccccn3)noc2C)nn1. The maximum Gasteiger partial charge on any atom is 0.271 e. The van der Waals surface area contributed by atoms with Crippen LogP contribution in [0.4, 0.5) is 0 Å². The fraction of sp³-hybridized carbons (Fsp3) is 0.188. The van der Waals surface area contributed by atoms with Gasteiger partial charge in [0.15, 0.2) is 5.69 Å². The number of pyridine rings is 1. The number of rotatable bonds is 5. The third-order valence-corrected chi connectivity index (χ3v) is 3.36. The quantitative estimate of drug-likeness (QED) is 0.762. The molecule has 8 nitrogen and oxygen atoms in total. The Morgan fingerprint density at radius 1 is 1.25 bits per heavy atom. The van der Waals surface area contributed by atoms with E-state index in [1.54, 1.807) is 25.3 Å². The van der Waals surface area contributed by atoms with Crippen LogP contribution in [0.3, 0.4) is 0 Å². The number of aromatic nitrogens is 4. The molecule has 0 unspecified atom stereocenters. The van der Waals surface area contributed by atoms with Crippen molar-refractivity contribution in [2.45, 2.75) is 13.5 Å². The van der Waals surface area contributed by atoms with Gasteiger partial charge in [0, 0.05) is 19.3 Å². The Hall–Kier alpha value is -3.29. The van der Waals surface area contributed by atoms with Gasteiger partial charge in [-0.05, 0) is 25.1 Å². The Labute approximate surface area is 137 Å². The zero-order valence-corrected chi connectivity index (χ0v) is 13.2. The van der Waals surface area contributed by atoms with Crippen LogP contribution in [0.1, 0.15) is 21.8 Å². The summed E-state index contributed by atoms with van der Waals surface area (Å²) < 4.78 is 10.9. The molecule has 0 radical (unpaired) electrons. The lowest BCUT2D eigenvalue weighted by molar-refractivity contribution is 0.0957. The first-order chi connectivity index (χ1) is 11.7. The van der Waals surface area contributed by atoms with E-state index in [2.05, 4.69) is 25.7 Å². The minimum atomic E-state index is -0.304. The number of aryl methyl sites for hydroxylation is 1. The van der Waals surface area contributed by atoms with Gasteiger partial charge in [-0.25, -0.2) is 0 Å². The monoisotopic (exact) mass is 325 g/mol. The molecule has 3 aromatic heterocycles. The van der Waals surface area contributed by atoms with Crippen LogP contribution < -0.4 is 10.1 Å². The van der Waals surface area contributed by atoms with Crippen LogP contribution in [0.5, 0.6) is 5.88 Å². The minimum absolute atomic E-state index is 0.204. The number of amides is 1. The number of carbonyl (C=O) groups excluding carboxylic acids is 1. The summed E-state index contributed by atoms with van der Waals surface area (Å²) in [4.78, 5) is 15.7. The van der Waals surface area contributed by atoms with Crippen LogP contribution in [0, 0.1) is 6.92 Å². The molecule has 0 fully saturated rings. The second-order valence-corrected chi connectivity index (χ2v) is 4.91. The van der Waals surface area contributed by atoms with E-state index in [9.17, 15) is 4.79 Å². The lowest BCUT2D eigenvalue weighted by atomic mass is 10.1. The Balaban J connectivity index is 1.76. The van der Waals surface area contributed by atoms with Gasteiger partial charge in [0.2, 0.25) is 5.88 Å². The van der Waals surface area contributed by atoms with Gasteiger partial charge in [-0.1, -0.05) is 11.2 Å². The summed E-state index contributed by atoms with van der Waals surface area (Å²) in [5, 5.41) is 14.2. The standard InChI is InChI=1S/C16H15N5O3/c1-10-11(15(21-24-10)12-5-3-4-8-18-12)9-23-14-7-6-13(19-20-14)16(22)17-2/h3-8H,9H2,1-2H3,(H,17,22). The second kappa shape index (κ2) is 6.86. The predicted octanol–water partition coefficient (Wildman–Crippen LogP) is 1.77. The molecule has 3 heterocycles. The first kappa shape index (κ1) is 15.6. The summed E-state index contributed by atoms with van der Waals surface area (Å²) in [5.41, 5.74) is 2.34. The van der Waals surface area contributed by atoms with Crippen molar-refractivity contribution in [1.29, 1.82) is 0 Å². The number of hydrogen-bond donors (Lipinski definition) is 1. The first-order valence-corrected chi connectivity index (χ1v) is 7.24. The van der Waals surface area contributed by atoms with Crippen LogP contribution in [-0.4, -0.2) is 33.3 Å². The predicted molar refractivity (Wildman–Crippen MR) is 84.2 cm³/mol. The van der Waals surface area contributed by atoms with Gasteiger partial charge in [0.05, 0.1) is 11.3 Å². The van der Waals surface area contributed by atoms with Gasteiger partial charge >= 0.3 is 0 Å². The molecule has 1 amide bonds. The van der Waals surface area contributed by atoms with Crippen molar-refractivity contribution in [1.82, 2.24) is 25.7 Å². The topological polar surface area (TPSA) is 103 Å². The van der Waals surface area contributed by atoms with E-state index in [4.69, 9.17) is 9.26 Å². The highest BCUT2D eigenvalue weighted by Crippen LogP contribution is 2.24. The Morgan fingerprint density at radius 2 is 2.12 bits per heavy atom. The highest BCUT2D eigenvalue weighted by atomic mass is 16.5. The Bertz CT molecular complexity index is 831. The number of carbonyl (C=O) groups is 1. The highest BCUT2D eigenvalue weighted by Gasteiger charge is 2.16. The van der Waals surface area contributed by atoms with Crippen molar-refractivity contribution in [2.24, 2.45) is 0 Å². The third kappa shape index (κ3) is 3.22. The molecule has 0 bridgehead atoms. The van der Waals surface area contributed by atoms with Crippen LogP contribution in [0.2, 0.25) is 0 Å². The average Bonchev–Trinajstić information content (AvgIpc) is 3.01. The molecule has 3 aromatic rings. The molecule has 0 aliphatic carbocycles. The molecular weight excluding hydrogens is 310 g/mol. The van der Waals surface area contributed by atoms with E-state index in [1.165, 1.54) is 7.05 Å². The van der Waals surface area contributed by atoms with E-state index in [1.807, 2.05) is 18.2 Å². The van der Waals surface area contributed by atoms with Crippen molar-refractivity contribution >= 4 is 5.91 Å². The van der Waals surface area contributed by atoms with E-state index < -0.39 is 0 Å². The van der Waals surface area contributed by atoms with Gasteiger partial charge in [0.25, 0.3) is 5.91 Å². The summed E-state index contributed by atoms with van der Waals surface area (Å²) in [5.74, 6) is 0.641. The normalized spacial score (nSPS) is 10.4. The smallest absolute Gasteiger partial charge is 0.271 e. The first-order valence-electron chi connectivity index (χ1n) is 7.24. The van der Waals surface area contributed by atoms with E-state index in [0.717, 1.165) is 5.56 Å². The van der Waals surface area contributed by atoms with Crippen molar-refractivity contribution in [3.8, 4) is 17.3 Å². The fourth-order valence-electron chi connectivity index (χ4n) is 2.06. The maximum absolute atomic E-state index is 11.4. The second-order valence-electron chi connectivity index (χ2n) is 4.91. The largest absolute Gasteiger partial charge is 0.472 e. The van der Waals surface area contributed by atoms with E-state index in [-0.39, 0.29) is 18.2 Å². The summed E-state index contributed by atoms with van der Waals surface area (Å²) in [6, 6.07) is 8.68. The van der Waals surface area contributed by atoms with Crippen molar-refractivity contribution in [2.75, 3.05) is 7.05 Å². The Kier molecular flexibility index (Phi) is 4.46. The lowest BCUT2D eigenvalue weighted by Crippen LogP contribution is -2.19. The van der Waals surface area contributed by atoms with Crippen LogP contribution in [0.15, 0.2) is 41.1 Å². The van der Waals surface area contributed by atoms with Crippen molar-refractivity contribution < 1.29 is 14.1 Å².